The zero-order valence-corrected chi connectivity index (χ0v) is 64.4. The van der Waals surface area contributed by atoms with E-state index in [2.05, 4.69) is 57.8 Å². The van der Waals surface area contributed by atoms with E-state index in [4.69, 9.17) is 19.9 Å². The van der Waals surface area contributed by atoms with E-state index in [1.54, 1.807) is 119 Å². The standard InChI is InChI=1S/C81H100N16O14/c1-47(83-9)72(100)88-69(80(3,4)5)76(104)94-43-59(39-66(94)71(82)99)96-41-57(90-92-96)45-111-62-31-24-51(25-32-62)37-65(79(108)109-11)87-74(102)63(38-52-21-28-54-17-13-15-19-56(54)35-52)86-75(103)67-40-60(44-95(67)77(105)70(81(6,7)8)89-73(101)48(2)84-10)97-42-58(91-93-97)46-110-61-29-22-50(23-30-61)36-64(78(106)107)85-68(98)33-26-49-20-27-53-16-12-14-18-55(53)34-49/h12-25,27-32,34-35,41-42,47-48,59-60,63-67,69-70,83-84H,26,33,36-40,43-46H2,1-11H3,(H2,82,99)(H,85,98)(H,86,103)(H,87,102)(H,88,100)(H,89,101)(H,106,107)/t47-,48-,59-,60-,63-,64-,65-,66-,67-,69+,70+/m0/s1. The molecule has 0 bridgehead atoms. The van der Waals surface area contributed by atoms with Gasteiger partial charge in [0, 0.05) is 51.6 Å². The first-order valence-corrected chi connectivity index (χ1v) is 37.1. The maximum absolute atomic E-state index is 15.4. The van der Waals surface area contributed by atoms with Gasteiger partial charge in [0.05, 0.1) is 43.7 Å². The van der Waals surface area contributed by atoms with Crippen molar-refractivity contribution in [1.29, 1.82) is 0 Å². The summed E-state index contributed by atoms with van der Waals surface area (Å²) in [4.78, 5) is 141. The molecule has 2 aromatic heterocycles. The Morgan fingerprint density at radius 3 is 1.41 bits per heavy atom. The predicted molar refractivity (Wildman–Crippen MR) is 412 cm³/mol. The number of aromatic nitrogens is 6. The number of carbonyl (C=O) groups is 10. The van der Waals surface area contributed by atoms with Gasteiger partial charge in [-0.3, -0.25) is 38.4 Å². The van der Waals surface area contributed by atoms with E-state index >= 15 is 14.4 Å². The first kappa shape index (κ1) is 81.8. The number of hydrogen-bond acceptors (Lipinski definition) is 19. The van der Waals surface area contributed by atoms with Crippen LogP contribution in [0.15, 0.2) is 146 Å². The number of methoxy groups -OCH3 is 1. The van der Waals surface area contributed by atoms with Crippen LogP contribution in [0.3, 0.4) is 0 Å². The average Bonchev–Trinajstić information content (AvgIpc) is 1.65. The molecule has 111 heavy (non-hydrogen) atoms. The van der Waals surface area contributed by atoms with Crippen molar-refractivity contribution in [2.45, 2.75) is 180 Å². The highest BCUT2D eigenvalue weighted by Crippen LogP contribution is 2.34. The maximum Gasteiger partial charge on any atom is 0.328 e. The second kappa shape index (κ2) is 36.2. The van der Waals surface area contributed by atoms with Gasteiger partial charge in [-0.05, 0) is 113 Å². The lowest BCUT2D eigenvalue weighted by atomic mass is 9.85. The number of nitrogens with zero attached hydrogens (tertiary/aromatic N) is 8. The molecular formula is C81H100N16O14. The van der Waals surface area contributed by atoms with E-state index < -0.39 is 125 Å². The van der Waals surface area contributed by atoms with Crippen LogP contribution in [0, 0.1) is 10.8 Å². The van der Waals surface area contributed by atoms with Crippen LogP contribution in [0.1, 0.15) is 120 Å². The summed E-state index contributed by atoms with van der Waals surface area (Å²) in [7, 11) is 4.45. The summed E-state index contributed by atoms with van der Waals surface area (Å²) in [6.07, 6.45) is 3.89. The summed E-state index contributed by atoms with van der Waals surface area (Å²) < 4.78 is 20.6. The van der Waals surface area contributed by atoms with Crippen molar-refractivity contribution in [2.75, 3.05) is 34.3 Å². The number of fused-ring (bicyclic) bond motifs is 2. The number of likely N-dealkylation sites (tertiary alicyclic amines) is 2. The Hall–Kier alpha value is -11.7. The third-order valence-electron chi connectivity index (χ3n) is 20.3. The minimum absolute atomic E-state index is 0.0153. The molecule has 10 N–H and O–H groups in total. The van der Waals surface area contributed by atoms with Gasteiger partial charge in [0.25, 0.3) is 0 Å². The Kier molecular flexibility index (Phi) is 26.7. The molecule has 8 amide bonds. The number of carboxylic acid groups (broad SMARTS) is 1. The highest BCUT2D eigenvalue weighted by atomic mass is 16.5. The molecule has 30 nitrogen and oxygen atoms in total. The van der Waals surface area contributed by atoms with Crippen LogP contribution < -0.4 is 52.4 Å². The molecule has 2 fully saturated rings. The monoisotopic (exact) mass is 1520 g/mol. The van der Waals surface area contributed by atoms with Crippen molar-refractivity contribution >= 4 is 80.7 Å². The number of hydrogen-bond donors (Lipinski definition) is 9. The van der Waals surface area contributed by atoms with Crippen molar-refractivity contribution in [3.05, 3.63) is 179 Å². The molecule has 6 aromatic carbocycles. The molecule has 2 saturated heterocycles. The Morgan fingerprint density at radius 1 is 0.523 bits per heavy atom. The van der Waals surface area contributed by atoms with Crippen molar-refractivity contribution in [3.8, 4) is 11.5 Å². The van der Waals surface area contributed by atoms with E-state index in [-0.39, 0.29) is 76.6 Å². The third kappa shape index (κ3) is 21.2. The van der Waals surface area contributed by atoms with E-state index in [0.717, 1.165) is 27.1 Å². The number of aryl methyl sites for hydroxylation is 1. The van der Waals surface area contributed by atoms with Crippen molar-refractivity contribution in [3.63, 3.8) is 0 Å². The second-order valence-corrected chi connectivity index (χ2v) is 30.7. The van der Waals surface area contributed by atoms with Crippen LogP contribution in [0.4, 0.5) is 0 Å². The number of carbonyl (C=O) groups excluding carboxylic acids is 9. The smallest absolute Gasteiger partial charge is 0.328 e. The van der Waals surface area contributed by atoms with Crippen molar-refractivity contribution in [1.82, 2.24) is 77.0 Å². The van der Waals surface area contributed by atoms with Gasteiger partial charge in [-0.1, -0.05) is 161 Å². The SMILES string of the molecule is CN[C@@H](C)C(=O)N[C@H](C(=O)N1C[C@@H](n2cc(COc3ccc(C[C@H](NC(=O)[C@H](Cc4ccc5ccccc5c4)NC(=O)[C@@H]4C[C@H](n5cc(COc6ccc(C[C@H](NC(=O)CCc7ccc8ccccc8c7)C(=O)O)cc6)nn5)CN4C(=O)[C@@H](NC(=O)[C@H](C)NC)C(C)(C)C)C(=O)OC)cc3)nn2)C[C@H]1C(N)=O)C(C)(C)C. The molecule has 8 aromatic rings. The molecule has 10 rings (SSSR count). The lowest BCUT2D eigenvalue weighted by Crippen LogP contribution is -2.61. The molecule has 2 aliphatic rings. The van der Waals surface area contributed by atoms with Crippen LogP contribution >= 0.6 is 0 Å². The summed E-state index contributed by atoms with van der Waals surface area (Å²) in [6.45, 7) is 14.1. The first-order chi connectivity index (χ1) is 52.9. The maximum atomic E-state index is 15.4. The van der Waals surface area contributed by atoms with E-state index in [9.17, 15) is 38.7 Å². The van der Waals surface area contributed by atoms with Crippen LogP contribution in [0.25, 0.3) is 21.5 Å². The minimum atomic E-state index is -1.35. The molecule has 2 aliphatic heterocycles. The quantitative estimate of drug-likeness (QED) is 0.0250. The molecule has 11 atom stereocenters. The van der Waals surface area contributed by atoms with Crippen molar-refractivity contribution < 1.29 is 67.3 Å². The molecule has 0 unspecified atom stereocenters. The number of esters is 1. The minimum Gasteiger partial charge on any atom is -0.487 e. The fourth-order valence-electron chi connectivity index (χ4n) is 13.6. The molecule has 0 radical (unpaired) electrons. The number of carboxylic acids is 1. The summed E-state index contributed by atoms with van der Waals surface area (Å²) in [5, 5.41) is 51.5. The van der Waals surface area contributed by atoms with E-state index in [1.807, 2.05) is 106 Å². The normalized spacial score (nSPS) is 17.6. The number of ether oxygens (including phenoxy) is 3. The van der Waals surface area contributed by atoms with Gasteiger partial charge in [-0.25, -0.2) is 19.0 Å². The number of primary amides is 1. The van der Waals surface area contributed by atoms with Gasteiger partial charge in [0.15, 0.2) is 0 Å². The van der Waals surface area contributed by atoms with Gasteiger partial charge >= 0.3 is 11.9 Å². The summed E-state index contributed by atoms with van der Waals surface area (Å²) in [5.41, 5.74) is 7.95. The third-order valence-corrected chi connectivity index (χ3v) is 20.3. The number of likely N-dealkylation sites (N-methyl/N-ethyl adjacent to an activating group) is 2. The molecule has 4 heterocycles. The largest absolute Gasteiger partial charge is 0.487 e. The molecule has 0 saturated carbocycles. The number of rotatable bonds is 33. The molecule has 30 heteroatoms. The lowest BCUT2D eigenvalue weighted by Gasteiger charge is -2.36. The molecule has 0 aliphatic carbocycles. The van der Waals surface area contributed by atoms with Gasteiger partial charge in [-0.15, -0.1) is 10.2 Å². The number of nitrogens with one attached hydrogen (secondary N) is 7. The van der Waals surface area contributed by atoms with E-state index in [0.29, 0.717) is 46.0 Å². The van der Waals surface area contributed by atoms with Gasteiger partial charge in [0.1, 0.15) is 78.4 Å². The number of benzene rings is 6. The summed E-state index contributed by atoms with van der Waals surface area (Å²) >= 11 is 0. The molecule has 588 valence electrons. The van der Waals surface area contributed by atoms with Gasteiger partial charge in [0.2, 0.25) is 47.3 Å². The number of amides is 8. The van der Waals surface area contributed by atoms with Crippen LogP contribution in [0.2, 0.25) is 0 Å². The zero-order valence-electron chi connectivity index (χ0n) is 64.4. The van der Waals surface area contributed by atoms with Crippen LogP contribution in [-0.4, -0.2) is 193 Å². The number of aliphatic carboxylic acids is 1. The Morgan fingerprint density at radius 2 is 0.955 bits per heavy atom. The topological polar surface area (TPSA) is 397 Å². The Bertz CT molecular complexity index is 4670. The molecular weight excluding hydrogens is 1420 g/mol. The van der Waals surface area contributed by atoms with Crippen LogP contribution in [-0.2, 0) is 91.6 Å². The highest BCUT2D eigenvalue weighted by Gasteiger charge is 2.48. The lowest BCUT2D eigenvalue weighted by molar-refractivity contribution is -0.146. The summed E-state index contributed by atoms with van der Waals surface area (Å²) in [5.74, 6) is -5.46. The average molecular weight is 1520 g/mol. The number of nitrogens with two attached hydrogens (primary N) is 1. The van der Waals surface area contributed by atoms with E-state index in [1.165, 1.54) is 16.9 Å². The Balaban J connectivity index is 0.811. The molecule has 0 spiro atoms. The predicted octanol–water partition coefficient (Wildman–Crippen LogP) is 4.75. The van der Waals surface area contributed by atoms with Crippen LogP contribution in [0.5, 0.6) is 11.5 Å². The zero-order chi connectivity index (χ0) is 80.0. The summed E-state index contributed by atoms with van der Waals surface area (Å²) in [6, 6.07) is 30.2. The van der Waals surface area contributed by atoms with Gasteiger partial charge < -0.3 is 72.1 Å². The second-order valence-electron chi connectivity index (χ2n) is 30.7. The fourth-order valence-corrected chi connectivity index (χ4v) is 13.6. The Labute approximate surface area is 644 Å². The highest BCUT2D eigenvalue weighted by molar-refractivity contribution is 5.97. The van der Waals surface area contributed by atoms with Crippen molar-refractivity contribution in [2.24, 2.45) is 16.6 Å². The van der Waals surface area contributed by atoms with Gasteiger partial charge in [-0.2, -0.15) is 0 Å². The first-order valence-electron chi connectivity index (χ1n) is 37.1. The fraction of sp³-hybridized carbons (Fsp3) is 0.432.